The number of methoxy groups -OCH3 is 1. The van der Waals surface area contributed by atoms with Gasteiger partial charge in [0.1, 0.15) is 5.75 Å². The van der Waals surface area contributed by atoms with Crippen molar-refractivity contribution in [1.82, 2.24) is 0 Å². The molecule has 20 heavy (non-hydrogen) atoms. The van der Waals surface area contributed by atoms with E-state index < -0.39 is 0 Å². The third kappa shape index (κ3) is 3.47. The van der Waals surface area contributed by atoms with Crippen molar-refractivity contribution in [2.45, 2.75) is 19.9 Å². The van der Waals surface area contributed by atoms with Crippen LogP contribution in [0, 0.1) is 6.92 Å². The maximum absolute atomic E-state index is 6.29. The highest BCUT2D eigenvalue weighted by molar-refractivity contribution is 9.10. The zero-order chi connectivity index (χ0) is 14.7. The summed E-state index contributed by atoms with van der Waals surface area (Å²) < 4.78 is 6.39. The van der Waals surface area contributed by atoms with Crippen LogP contribution < -0.4 is 10.1 Å². The van der Waals surface area contributed by atoms with Crippen molar-refractivity contribution in [3.8, 4) is 5.75 Å². The van der Waals surface area contributed by atoms with E-state index in [0.29, 0.717) is 0 Å². The van der Waals surface area contributed by atoms with Crippen LogP contribution in [0.5, 0.6) is 5.75 Å². The van der Waals surface area contributed by atoms with Crippen LogP contribution in [0.1, 0.15) is 24.1 Å². The first-order valence-corrected chi connectivity index (χ1v) is 7.54. The van der Waals surface area contributed by atoms with Gasteiger partial charge in [-0.2, -0.15) is 0 Å². The molecule has 0 aromatic heterocycles. The molecule has 4 heteroatoms. The molecule has 0 heterocycles. The number of ether oxygens (including phenoxy) is 1. The minimum absolute atomic E-state index is 0.0900. The Morgan fingerprint density at radius 3 is 2.60 bits per heavy atom. The molecule has 2 nitrogen and oxygen atoms in total. The van der Waals surface area contributed by atoms with E-state index in [-0.39, 0.29) is 6.04 Å². The molecule has 0 aliphatic heterocycles. The van der Waals surface area contributed by atoms with Crippen LogP contribution in [-0.4, -0.2) is 7.11 Å². The quantitative estimate of drug-likeness (QED) is 0.772. The fourth-order valence-electron chi connectivity index (χ4n) is 2.08. The van der Waals surface area contributed by atoms with E-state index in [2.05, 4.69) is 34.2 Å². The Balaban J connectivity index is 2.25. The van der Waals surface area contributed by atoms with Gasteiger partial charge in [-0.3, -0.25) is 0 Å². The molecule has 1 atom stereocenters. The molecule has 2 rings (SSSR count). The van der Waals surface area contributed by atoms with Gasteiger partial charge in [0.15, 0.2) is 0 Å². The summed E-state index contributed by atoms with van der Waals surface area (Å²) in [5.74, 6) is 0.838. The zero-order valence-corrected chi connectivity index (χ0v) is 14.0. The lowest BCUT2D eigenvalue weighted by Gasteiger charge is -2.19. The van der Waals surface area contributed by atoms with Crippen molar-refractivity contribution in [2.75, 3.05) is 12.4 Å². The SMILES string of the molecule is COc1cc(C)ccc1NC(C)c1ccc(Br)cc1Cl. The van der Waals surface area contributed by atoms with Gasteiger partial charge in [-0.15, -0.1) is 0 Å². The van der Waals surface area contributed by atoms with Crippen LogP contribution in [-0.2, 0) is 0 Å². The first kappa shape index (κ1) is 15.2. The molecule has 0 radical (unpaired) electrons. The fraction of sp³-hybridized carbons (Fsp3) is 0.250. The van der Waals surface area contributed by atoms with E-state index in [1.54, 1.807) is 7.11 Å². The third-order valence-electron chi connectivity index (χ3n) is 3.16. The first-order chi connectivity index (χ1) is 9.51. The second kappa shape index (κ2) is 6.51. The van der Waals surface area contributed by atoms with Crippen LogP contribution >= 0.6 is 27.5 Å². The highest BCUT2D eigenvalue weighted by atomic mass is 79.9. The van der Waals surface area contributed by atoms with Gasteiger partial charge >= 0.3 is 0 Å². The predicted molar refractivity (Wildman–Crippen MR) is 88.9 cm³/mol. The van der Waals surface area contributed by atoms with Crippen molar-refractivity contribution in [1.29, 1.82) is 0 Å². The van der Waals surface area contributed by atoms with Gasteiger partial charge in [-0.25, -0.2) is 0 Å². The maximum atomic E-state index is 6.29. The lowest BCUT2D eigenvalue weighted by molar-refractivity contribution is 0.416. The van der Waals surface area contributed by atoms with E-state index in [9.17, 15) is 0 Å². The molecule has 0 bridgehead atoms. The van der Waals surface area contributed by atoms with Crippen molar-refractivity contribution >= 4 is 33.2 Å². The Kier molecular flexibility index (Phi) is 4.95. The Morgan fingerprint density at radius 1 is 1.20 bits per heavy atom. The van der Waals surface area contributed by atoms with Crippen LogP contribution in [0.15, 0.2) is 40.9 Å². The third-order valence-corrected chi connectivity index (χ3v) is 3.98. The number of halogens is 2. The number of hydrogen-bond donors (Lipinski definition) is 1. The Morgan fingerprint density at radius 2 is 1.95 bits per heavy atom. The zero-order valence-electron chi connectivity index (χ0n) is 11.7. The summed E-state index contributed by atoms with van der Waals surface area (Å²) in [7, 11) is 1.68. The molecule has 0 aliphatic carbocycles. The number of aryl methyl sites for hydroxylation is 1. The maximum Gasteiger partial charge on any atom is 0.142 e. The van der Waals surface area contributed by atoms with E-state index in [1.165, 1.54) is 5.56 Å². The van der Waals surface area contributed by atoms with E-state index >= 15 is 0 Å². The number of benzene rings is 2. The Labute approximate surface area is 133 Å². The smallest absolute Gasteiger partial charge is 0.142 e. The molecular weight excluding hydrogens is 338 g/mol. The lowest BCUT2D eigenvalue weighted by Crippen LogP contribution is -2.08. The molecule has 2 aromatic carbocycles. The van der Waals surface area contributed by atoms with Gasteiger partial charge in [0.05, 0.1) is 18.8 Å². The summed E-state index contributed by atoms with van der Waals surface area (Å²) in [6.07, 6.45) is 0. The van der Waals surface area contributed by atoms with Gasteiger partial charge in [-0.05, 0) is 49.2 Å². The summed E-state index contributed by atoms with van der Waals surface area (Å²) in [6.45, 7) is 4.12. The molecule has 0 amide bonds. The molecule has 0 saturated carbocycles. The summed E-state index contributed by atoms with van der Waals surface area (Å²) in [5, 5.41) is 4.18. The van der Waals surface area contributed by atoms with Crippen LogP contribution in [0.4, 0.5) is 5.69 Å². The van der Waals surface area contributed by atoms with Crippen molar-refractivity contribution in [3.63, 3.8) is 0 Å². The van der Waals surface area contributed by atoms with Gasteiger partial charge < -0.3 is 10.1 Å². The Hall–Kier alpha value is -1.19. The molecule has 1 N–H and O–H groups in total. The summed E-state index contributed by atoms with van der Waals surface area (Å²) in [4.78, 5) is 0. The predicted octanol–water partition coefficient (Wildman–Crippen LogP) is 5.59. The summed E-state index contributed by atoms with van der Waals surface area (Å²) >= 11 is 9.71. The molecule has 0 spiro atoms. The van der Waals surface area contributed by atoms with Crippen molar-refractivity contribution < 1.29 is 4.74 Å². The standard InChI is InChI=1S/C16H17BrClNO/c1-10-4-7-15(16(8-10)20-3)19-11(2)13-6-5-12(17)9-14(13)18/h4-9,11,19H,1-3H3. The number of nitrogens with one attached hydrogen (secondary N) is 1. The van der Waals surface area contributed by atoms with Crippen LogP contribution in [0.25, 0.3) is 0 Å². The fourth-order valence-corrected chi connectivity index (χ4v) is 2.92. The van der Waals surface area contributed by atoms with Crippen LogP contribution in [0.3, 0.4) is 0 Å². The minimum Gasteiger partial charge on any atom is -0.495 e. The van der Waals surface area contributed by atoms with Gasteiger partial charge in [0, 0.05) is 9.50 Å². The minimum atomic E-state index is 0.0900. The van der Waals surface area contributed by atoms with Gasteiger partial charge in [0.2, 0.25) is 0 Å². The van der Waals surface area contributed by atoms with Gasteiger partial charge in [0.25, 0.3) is 0 Å². The summed E-state index contributed by atoms with van der Waals surface area (Å²) in [6, 6.07) is 12.1. The largest absolute Gasteiger partial charge is 0.495 e. The van der Waals surface area contributed by atoms with E-state index in [1.807, 2.05) is 37.3 Å². The lowest BCUT2D eigenvalue weighted by atomic mass is 10.1. The second-order valence-corrected chi connectivity index (χ2v) is 6.06. The summed E-state index contributed by atoms with van der Waals surface area (Å²) in [5.41, 5.74) is 3.18. The second-order valence-electron chi connectivity index (χ2n) is 4.74. The monoisotopic (exact) mass is 353 g/mol. The number of hydrogen-bond acceptors (Lipinski definition) is 2. The molecule has 1 unspecified atom stereocenters. The van der Waals surface area contributed by atoms with Crippen LogP contribution in [0.2, 0.25) is 5.02 Å². The molecule has 0 fully saturated rings. The van der Waals surface area contributed by atoms with Gasteiger partial charge in [-0.1, -0.05) is 39.7 Å². The topological polar surface area (TPSA) is 21.3 Å². The Bertz CT molecular complexity index is 615. The number of anilines is 1. The van der Waals surface area contributed by atoms with Crippen molar-refractivity contribution in [2.24, 2.45) is 0 Å². The highest BCUT2D eigenvalue weighted by Crippen LogP contribution is 2.32. The van der Waals surface area contributed by atoms with Crippen molar-refractivity contribution in [3.05, 3.63) is 57.0 Å². The first-order valence-electron chi connectivity index (χ1n) is 6.37. The molecule has 0 aliphatic rings. The average Bonchev–Trinajstić information content (AvgIpc) is 2.40. The van der Waals surface area contributed by atoms with E-state index in [4.69, 9.17) is 16.3 Å². The number of rotatable bonds is 4. The molecule has 106 valence electrons. The highest BCUT2D eigenvalue weighted by Gasteiger charge is 2.12. The molecule has 0 saturated heterocycles. The van der Waals surface area contributed by atoms with E-state index in [0.717, 1.165) is 26.5 Å². The molecule has 2 aromatic rings. The average molecular weight is 355 g/mol. The molecular formula is C16H17BrClNO. The normalized spacial score (nSPS) is 12.1.